The molecule has 0 aromatic carbocycles. The minimum atomic E-state index is -3.09. The molecule has 0 radical (unpaired) electrons. The van der Waals surface area contributed by atoms with Gasteiger partial charge in [0.15, 0.2) is 0 Å². The molecule has 6 heteroatoms. The molecule has 1 saturated carbocycles. The van der Waals surface area contributed by atoms with Crippen LogP contribution in [0.5, 0.6) is 0 Å². The molecule has 0 aromatic rings. The number of allylic oxidation sites excluding steroid dienone is 1. The number of rotatable bonds is 1. The number of hydrogen-bond donors (Lipinski definition) is 0. The molecule has 0 aromatic heterocycles. The Balaban J connectivity index is 2.30. The molecule has 1 heterocycles. The highest BCUT2D eigenvalue weighted by atomic mass is 19.3. The van der Waals surface area contributed by atoms with Gasteiger partial charge < -0.3 is 9.31 Å². The Labute approximate surface area is 118 Å². The first-order chi connectivity index (χ1) is 9.07. The first-order valence-corrected chi connectivity index (χ1v) is 7.19. The summed E-state index contributed by atoms with van der Waals surface area (Å²) in [6.07, 6.45) is 1.49. The molecule has 2 aliphatic rings. The topological polar surface area (TPSA) is 18.5 Å². The van der Waals surface area contributed by atoms with Crippen LogP contribution in [0.25, 0.3) is 0 Å². The SMILES string of the molecule is CC1(C)OB(C(F)=C2CCCCCC2(F)F)OC1(C)C. The van der Waals surface area contributed by atoms with Crippen LogP contribution in [-0.4, -0.2) is 24.2 Å². The zero-order chi connectivity index (χ0) is 15.2. The maximum Gasteiger partial charge on any atom is 0.525 e. The van der Waals surface area contributed by atoms with Gasteiger partial charge in [-0.15, -0.1) is 0 Å². The molecule has 0 unspecified atom stereocenters. The Morgan fingerprint density at radius 3 is 2.10 bits per heavy atom. The van der Waals surface area contributed by atoms with Crippen molar-refractivity contribution in [2.45, 2.75) is 76.9 Å². The monoisotopic (exact) mass is 290 g/mol. The molecule has 2 rings (SSSR count). The number of hydrogen-bond acceptors (Lipinski definition) is 2. The zero-order valence-electron chi connectivity index (χ0n) is 12.6. The van der Waals surface area contributed by atoms with Crippen LogP contribution in [0, 0.1) is 0 Å². The Morgan fingerprint density at radius 1 is 1.00 bits per heavy atom. The first-order valence-electron chi connectivity index (χ1n) is 7.19. The predicted molar refractivity (Wildman–Crippen MR) is 72.2 cm³/mol. The summed E-state index contributed by atoms with van der Waals surface area (Å²) >= 11 is 0. The molecule has 20 heavy (non-hydrogen) atoms. The lowest BCUT2D eigenvalue weighted by molar-refractivity contribution is 0.00578. The van der Waals surface area contributed by atoms with E-state index in [1.165, 1.54) is 0 Å². The van der Waals surface area contributed by atoms with Gasteiger partial charge in [-0.2, -0.15) is 0 Å². The molecule has 0 atom stereocenters. The molecule has 2 nitrogen and oxygen atoms in total. The summed E-state index contributed by atoms with van der Waals surface area (Å²) in [6.45, 7) is 7.10. The standard InChI is InChI=1S/C14H22BF3O2/c1-12(2)13(3,4)20-15(19-12)11(16)10-8-6-5-7-9-14(10,17)18/h5-9H2,1-4H3. The third kappa shape index (κ3) is 2.77. The van der Waals surface area contributed by atoms with Gasteiger partial charge in [0.25, 0.3) is 5.92 Å². The van der Waals surface area contributed by atoms with E-state index in [2.05, 4.69) is 0 Å². The van der Waals surface area contributed by atoms with Crippen LogP contribution >= 0.6 is 0 Å². The Morgan fingerprint density at radius 2 is 1.55 bits per heavy atom. The van der Waals surface area contributed by atoms with Gasteiger partial charge in [0, 0.05) is 12.0 Å². The fourth-order valence-electron chi connectivity index (χ4n) is 2.54. The van der Waals surface area contributed by atoms with E-state index in [1.54, 1.807) is 27.7 Å². The van der Waals surface area contributed by atoms with Gasteiger partial charge in [-0.05, 0) is 47.0 Å². The van der Waals surface area contributed by atoms with Crippen molar-refractivity contribution in [3.8, 4) is 0 Å². The highest BCUT2D eigenvalue weighted by Crippen LogP contribution is 2.43. The van der Waals surface area contributed by atoms with Crippen LogP contribution in [-0.2, 0) is 9.31 Å². The summed E-state index contributed by atoms with van der Waals surface area (Å²) in [7, 11) is -1.32. The summed E-state index contributed by atoms with van der Waals surface area (Å²) in [4.78, 5) is 0. The normalized spacial score (nSPS) is 31.1. The molecule has 0 bridgehead atoms. The van der Waals surface area contributed by atoms with E-state index in [-0.39, 0.29) is 12.8 Å². The van der Waals surface area contributed by atoms with Crippen molar-refractivity contribution in [3.05, 3.63) is 11.3 Å². The van der Waals surface area contributed by atoms with Gasteiger partial charge in [-0.25, -0.2) is 13.2 Å². The van der Waals surface area contributed by atoms with E-state index >= 15 is 0 Å². The highest BCUT2D eigenvalue weighted by molar-refractivity contribution is 6.53. The Bertz CT molecular complexity index is 403. The van der Waals surface area contributed by atoms with E-state index < -0.39 is 35.5 Å². The van der Waals surface area contributed by atoms with Gasteiger partial charge in [-0.1, -0.05) is 6.42 Å². The second kappa shape index (κ2) is 5.06. The predicted octanol–water partition coefficient (Wildman–Crippen LogP) is 4.44. The molecule has 0 spiro atoms. The van der Waals surface area contributed by atoms with E-state index in [4.69, 9.17) is 9.31 Å². The van der Waals surface area contributed by atoms with E-state index in [9.17, 15) is 13.2 Å². The third-order valence-corrected chi connectivity index (χ3v) is 4.61. The van der Waals surface area contributed by atoms with Crippen LogP contribution in [0.1, 0.15) is 59.8 Å². The second-order valence-electron chi connectivity index (χ2n) is 6.68. The largest absolute Gasteiger partial charge is 0.525 e. The lowest BCUT2D eigenvalue weighted by atomic mass is 9.81. The van der Waals surface area contributed by atoms with Crippen molar-refractivity contribution in [2.24, 2.45) is 0 Å². The van der Waals surface area contributed by atoms with Crippen molar-refractivity contribution >= 4 is 7.12 Å². The van der Waals surface area contributed by atoms with Crippen molar-refractivity contribution < 1.29 is 22.5 Å². The Hall–Kier alpha value is -0.485. The summed E-state index contributed by atoms with van der Waals surface area (Å²) in [6, 6.07) is 0. The molecule has 1 aliphatic heterocycles. The molecular formula is C14H22BF3O2. The Kier molecular flexibility index (Phi) is 4.02. The zero-order valence-corrected chi connectivity index (χ0v) is 12.6. The maximum atomic E-state index is 14.5. The second-order valence-corrected chi connectivity index (χ2v) is 6.68. The van der Waals surface area contributed by atoms with Crippen LogP contribution in [0.3, 0.4) is 0 Å². The van der Waals surface area contributed by atoms with Gasteiger partial charge in [0.1, 0.15) is 5.73 Å². The lowest BCUT2D eigenvalue weighted by Gasteiger charge is -2.32. The molecule has 0 N–H and O–H groups in total. The molecule has 2 fully saturated rings. The van der Waals surface area contributed by atoms with Crippen molar-refractivity contribution in [3.63, 3.8) is 0 Å². The van der Waals surface area contributed by atoms with Gasteiger partial charge in [0.2, 0.25) is 0 Å². The van der Waals surface area contributed by atoms with Crippen molar-refractivity contribution in [1.82, 2.24) is 0 Å². The van der Waals surface area contributed by atoms with Gasteiger partial charge in [0.05, 0.1) is 11.2 Å². The van der Waals surface area contributed by atoms with E-state index in [0.717, 1.165) is 0 Å². The lowest BCUT2D eigenvalue weighted by Crippen LogP contribution is -2.41. The van der Waals surface area contributed by atoms with Crippen LogP contribution in [0.2, 0.25) is 0 Å². The minimum Gasteiger partial charge on any atom is -0.398 e. The van der Waals surface area contributed by atoms with Crippen LogP contribution in [0.15, 0.2) is 11.3 Å². The maximum absolute atomic E-state index is 14.5. The van der Waals surface area contributed by atoms with Crippen molar-refractivity contribution in [2.75, 3.05) is 0 Å². The summed E-state index contributed by atoms with van der Waals surface area (Å²) in [5.74, 6) is -3.09. The quantitative estimate of drug-likeness (QED) is 0.525. The summed E-state index contributed by atoms with van der Waals surface area (Å²) < 4.78 is 53.6. The van der Waals surface area contributed by atoms with Crippen molar-refractivity contribution in [1.29, 1.82) is 0 Å². The fourth-order valence-corrected chi connectivity index (χ4v) is 2.54. The van der Waals surface area contributed by atoms with E-state index in [1.807, 2.05) is 0 Å². The molecule has 114 valence electrons. The van der Waals surface area contributed by atoms with E-state index in [0.29, 0.717) is 19.3 Å². The highest BCUT2D eigenvalue weighted by Gasteiger charge is 2.55. The smallest absolute Gasteiger partial charge is 0.398 e. The number of alkyl halides is 2. The molecule has 1 aliphatic carbocycles. The van der Waals surface area contributed by atoms with Crippen LogP contribution in [0.4, 0.5) is 13.2 Å². The third-order valence-electron chi connectivity index (χ3n) is 4.61. The average molecular weight is 290 g/mol. The molecular weight excluding hydrogens is 268 g/mol. The fraction of sp³-hybridized carbons (Fsp3) is 0.857. The molecule has 1 saturated heterocycles. The minimum absolute atomic E-state index is 0.0723. The van der Waals surface area contributed by atoms with Crippen LogP contribution < -0.4 is 0 Å². The van der Waals surface area contributed by atoms with Gasteiger partial charge >= 0.3 is 7.12 Å². The first kappa shape index (κ1) is 15.9. The van der Waals surface area contributed by atoms with Gasteiger partial charge in [-0.3, -0.25) is 0 Å². The average Bonchev–Trinajstić information content (AvgIpc) is 2.45. The summed E-state index contributed by atoms with van der Waals surface area (Å²) in [5.41, 5.74) is -2.82. The molecule has 0 amide bonds. The summed E-state index contributed by atoms with van der Waals surface area (Å²) in [5, 5.41) is 0. The number of halogens is 3.